The van der Waals surface area contributed by atoms with Gasteiger partial charge in [0.1, 0.15) is 6.04 Å². The highest BCUT2D eigenvalue weighted by Gasteiger charge is 2.33. The zero-order chi connectivity index (χ0) is 17.9. The van der Waals surface area contributed by atoms with Crippen molar-refractivity contribution < 1.29 is 9.59 Å². The quantitative estimate of drug-likeness (QED) is 0.765. The predicted octanol–water partition coefficient (Wildman–Crippen LogP) is 3.93. The van der Waals surface area contributed by atoms with Crippen LogP contribution in [0.3, 0.4) is 0 Å². The molecule has 1 aliphatic heterocycles. The fraction of sp³-hybridized carbons (Fsp3) is 0.250. The molecule has 1 N–H and O–H groups in total. The molecule has 1 aromatic carbocycles. The summed E-state index contributed by atoms with van der Waals surface area (Å²) in [6.45, 7) is 0.621. The third-order valence-electron chi connectivity index (χ3n) is 4.67. The van der Waals surface area contributed by atoms with Gasteiger partial charge in [-0.25, -0.2) is 0 Å². The van der Waals surface area contributed by atoms with Crippen LogP contribution in [0.1, 0.15) is 28.9 Å². The van der Waals surface area contributed by atoms with E-state index in [1.807, 2.05) is 47.8 Å². The number of carbonyl (C=O) groups is 2. The molecule has 4 rings (SSSR count). The van der Waals surface area contributed by atoms with E-state index in [2.05, 4.69) is 10.3 Å². The number of pyridine rings is 1. The molecule has 2 aromatic heterocycles. The maximum absolute atomic E-state index is 12.9. The molecule has 3 aromatic rings. The largest absolute Gasteiger partial charge is 0.326 e. The zero-order valence-corrected chi connectivity index (χ0v) is 15.0. The van der Waals surface area contributed by atoms with Crippen molar-refractivity contribution in [3.8, 4) is 0 Å². The highest BCUT2D eigenvalue weighted by molar-refractivity contribution is 7.12. The first-order valence-corrected chi connectivity index (χ1v) is 9.60. The molecular formula is C20H19N3O2S. The SMILES string of the molecule is O=C(Nc1ccc2ncccc2c1)C1CCCCN1C(=O)c1cccs1. The summed E-state index contributed by atoms with van der Waals surface area (Å²) in [6, 6.07) is 12.7. The van der Waals surface area contributed by atoms with Gasteiger partial charge < -0.3 is 10.2 Å². The Labute approximate surface area is 155 Å². The third-order valence-corrected chi connectivity index (χ3v) is 5.53. The Kier molecular flexibility index (Phi) is 4.67. The molecule has 1 saturated heterocycles. The number of rotatable bonds is 3. The van der Waals surface area contributed by atoms with Crippen molar-refractivity contribution >= 4 is 39.7 Å². The monoisotopic (exact) mass is 365 g/mol. The van der Waals surface area contributed by atoms with E-state index in [-0.39, 0.29) is 11.8 Å². The number of hydrogen-bond acceptors (Lipinski definition) is 4. The summed E-state index contributed by atoms with van der Waals surface area (Å²) < 4.78 is 0. The smallest absolute Gasteiger partial charge is 0.264 e. The van der Waals surface area contributed by atoms with E-state index in [4.69, 9.17) is 0 Å². The van der Waals surface area contributed by atoms with Crippen molar-refractivity contribution in [2.45, 2.75) is 25.3 Å². The van der Waals surface area contributed by atoms with E-state index in [0.717, 1.165) is 29.4 Å². The van der Waals surface area contributed by atoms with Crippen LogP contribution in [0, 0.1) is 0 Å². The van der Waals surface area contributed by atoms with Gasteiger partial charge in [0.2, 0.25) is 5.91 Å². The standard InChI is InChI=1S/C20H19N3O2S/c24-19(22-15-8-9-16-14(13-15)5-3-10-21-16)17-6-1-2-11-23(17)20(25)18-7-4-12-26-18/h3-5,7-10,12-13,17H,1-2,6,11H2,(H,22,24). The number of thiophene rings is 1. The Morgan fingerprint density at radius 2 is 2.08 bits per heavy atom. The maximum Gasteiger partial charge on any atom is 0.264 e. The van der Waals surface area contributed by atoms with Crippen molar-refractivity contribution in [2.24, 2.45) is 0 Å². The topological polar surface area (TPSA) is 62.3 Å². The second-order valence-corrected chi connectivity index (χ2v) is 7.34. The molecule has 2 amide bonds. The molecule has 1 aliphatic rings. The molecule has 132 valence electrons. The number of benzene rings is 1. The summed E-state index contributed by atoms with van der Waals surface area (Å²) in [4.78, 5) is 32.3. The Morgan fingerprint density at radius 1 is 1.15 bits per heavy atom. The minimum Gasteiger partial charge on any atom is -0.326 e. The van der Waals surface area contributed by atoms with Gasteiger partial charge in [0.15, 0.2) is 0 Å². The Hall–Kier alpha value is -2.73. The molecule has 0 saturated carbocycles. The minimum absolute atomic E-state index is 0.0532. The average Bonchev–Trinajstić information content (AvgIpc) is 3.22. The molecule has 5 nitrogen and oxygen atoms in total. The molecule has 3 heterocycles. The summed E-state index contributed by atoms with van der Waals surface area (Å²) in [7, 11) is 0. The van der Waals surface area contributed by atoms with Crippen molar-refractivity contribution in [2.75, 3.05) is 11.9 Å². The fourth-order valence-corrected chi connectivity index (χ4v) is 4.05. The number of aromatic nitrogens is 1. The van der Waals surface area contributed by atoms with Gasteiger partial charge in [-0.3, -0.25) is 14.6 Å². The van der Waals surface area contributed by atoms with E-state index in [1.54, 1.807) is 11.1 Å². The van der Waals surface area contributed by atoms with Crippen LogP contribution in [0.2, 0.25) is 0 Å². The lowest BCUT2D eigenvalue weighted by Crippen LogP contribution is -2.49. The van der Waals surface area contributed by atoms with Gasteiger partial charge in [-0.2, -0.15) is 0 Å². The van der Waals surface area contributed by atoms with Crippen LogP contribution in [-0.2, 0) is 4.79 Å². The van der Waals surface area contributed by atoms with Gasteiger partial charge in [0.05, 0.1) is 10.4 Å². The summed E-state index contributed by atoms with van der Waals surface area (Å²) in [6.07, 6.45) is 4.32. The van der Waals surface area contributed by atoms with E-state index >= 15 is 0 Å². The Bertz CT molecular complexity index is 939. The summed E-state index contributed by atoms with van der Waals surface area (Å²) in [5.74, 6) is -0.180. The number of piperidine rings is 1. The first-order valence-electron chi connectivity index (χ1n) is 8.72. The average molecular weight is 365 g/mol. The summed E-state index contributed by atoms with van der Waals surface area (Å²) in [5.41, 5.74) is 1.61. The molecule has 1 atom stereocenters. The number of hydrogen-bond donors (Lipinski definition) is 1. The summed E-state index contributed by atoms with van der Waals surface area (Å²) in [5, 5.41) is 5.83. The van der Waals surface area contributed by atoms with Crippen LogP contribution in [-0.4, -0.2) is 34.3 Å². The first kappa shape index (κ1) is 16.7. The molecule has 1 fully saturated rings. The van der Waals surface area contributed by atoms with E-state index < -0.39 is 6.04 Å². The zero-order valence-electron chi connectivity index (χ0n) is 14.2. The Morgan fingerprint density at radius 3 is 2.92 bits per heavy atom. The first-order chi connectivity index (χ1) is 12.7. The van der Waals surface area contributed by atoms with Crippen LogP contribution in [0.4, 0.5) is 5.69 Å². The number of carbonyl (C=O) groups excluding carboxylic acids is 2. The van der Waals surface area contributed by atoms with Gasteiger partial charge in [-0.05, 0) is 55.0 Å². The lowest BCUT2D eigenvalue weighted by molar-refractivity contribution is -0.121. The number of amides is 2. The molecule has 26 heavy (non-hydrogen) atoms. The lowest BCUT2D eigenvalue weighted by Gasteiger charge is -2.34. The fourth-order valence-electron chi connectivity index (χ4n) is 3.37. The number of likely N-dealkylation sites (tertiary alicyclic amines) is 1. The molecule has 0 aliphatic carbocycles. The van der Waals surface area contributed by atoms with Crippen molar-refractivity contribution in [1.82, 2.24) is 9.88 Å². The summed E-state index contributed by atoms with van der Waals surface area (Å²) >= 11 is 1.41. The van der Waals surface area contributed by atoms with Crippen LogP contribution >= 0.6 is 11.3 Å². The highest BCUT2D eigenvalue weighted by atomic mass is 32.1. The van der Waals surface area contributed by atoms with E-state index in [0.29, 0.717) is 17.8 Å². The van der Waals surface area contributed by atoms with Crippen LogP contribution in [0.25, 0.3) is 10.9 Å². The second kappa shape index (κ2) is 7.25. The predicted molar refractivity (Wildman–Crippen MR) is 103 cm³/mol. The van der Waals surface area contributed by atoms with Gasteiger partial charge in [0, 0.05) is 23.8 Å². The third kappa shape index (κ3) is 3.32. The number of nitrogens with zero attached hydrogens (tertiary/aromatic N) is 2. The molecular weight excluding hydrogens is 346 g/mol. The van der Waals surface area contributed by atoms with Crippen molar-refractivity contribution in [1.29, 1.82) is 0 Å². The van der Waals surface area contributed by atoms with Crippen molar-refractivity contribution in [3.05, 3.63) is 58.9 Å². The number of nitrogens with one attached hydrogen (secondary N) is 1. The lowest BCUT2D eigenvalue weighted by atomic mass is 10.0. The number of fused-ring (bicyclic) bond motifs is 1. The molecule has 0 spiro atoms. The normalized spacial score (nSPS) is 17.2. The van der Waals surface area contributed by atoms with Gasteiger partial charge in [0.25, 0.3) is 5.91 Å². The molecule has 1 unspecified atom stereocenters. The minimum atomic E-state index is -0.428. The maximum atomic E-state index is 12.9. The molecule has 0 radical (unpaired) electrons. The van der Waals surface area contributed by atoms with E-state index in [1.165, 1.54) is 11.3 Å². The van der Waals surface area contributed by atoms with Crippen LogP contribution in [0.15, 0.2) is 54.0 Å². The van der Waals surface area contributed by atoms with Gasteiger partial charge in [-0.15, -0.1) is 11.3 Å². The molecule has 0 bridgehead atoms. The van der Waals surface area contributed by atoms with Gasteiger partial charge >= 0.3 is 0 Å². The van der Waals surface area contributed by atoms with Gasteiger partial charge in [-0.1, -0.05) is 12.1 Å². The second-order valence-electron chi connectivity index (χ2n) is 6.39. The van der Waals surface area contributed by atoms with E-state index in [9.17, 15) is 9.59 Å². The Balaban J connectivity index is 1.53. The van der Waals surface area contributed by atoms with Crippen LogP contribution in [0.5, 0.6) is 0 Å². The highest BCUT2D eigenvalue weighted by Crippen LogP contribution is 2.24. The molecule has 6 heteroatoms. The van der Waals surface area contributed by atoms with Crippen molar-refractivity contribution in [3.63, 3.8) is 0 Å². The van der Waals surface area contributed by atoms with Crippen LogP contribution < -0.4 is 5.32 Å². The number of anilines is 1.